The summed E-state index contributed by atoms with van der Waals surface area (Å²) in [5, 5.41) is 0. The van der Waals surface area contributed by atoms with Crippen molar-refractivity contribution in [3.8, 4) is 0 Å². The molecule has 0 amide bonds. The summed E-state index contributed by atoms with van der Waals surface area (Å²) in [5.41, 5.74) is 0. The Balaban J connectivity index is 2.46. The molecule has 0 aromatic heterocycles. The Morgan fingerprint density at radius 2 is 1.92 bits per heavy atom. The number of allylic oxidation sites excluding steroid dienone is 1. The molecule has 0 aliphatic carbocycles. The zero-order chi connectivity index (χ0) is 9.03. The predicted molar refractivity (Wildman–Crippen MR) is 58.2 cm³/mol. The molecule has 0 aromatic rings. The quantitative estimate of drug-likeness (QED) is 0.347. The van der Waals surface area contributed by atoms with Crippen molar-refractivity contribution in [3.63, 3.8) is 0 Å². The maximum atomic E-state index is 3.89. The number of hydrogen-bond acceptors (Lipinski definition) is 1. The molecule has 0 atom stereocenters. The molecule has 0 N–H and O–H groups in total. The topological polar surface area (TPSA) is 3.01 Å². The van der Waals surface area contributed by atoms with Gasteiger partial charge in [-0.05, 0) is 12.2 Å². The standard InChI is InChI=1S/C10H21NSi/c1-4-9-12(5-2,6-3)10-11-7-8-11/h4H,1,5-10H2,2-3H3. The number of hydrogen-bond donors (Lipinski definition) is 0. The molecule has 1 saturated heterocycles. The molecular formula is C10H21NSi. The molecule has 12 heavy (non-hydrogen) atoms. The van der Waals surface area contributed by atoms with Gasteiger partial charge in [-0.25, -0.2) is 0 Å². The highest BCUT2D eigenvalue weighted by molar-refractivity contribution is 6.80. The lowest BCUT2D eigenvalue weighted by atomic mass is 10.8. The second-order valence-corrected chi connectivity index (χ2v) is 9.11. The summed E-state index contributed by atoms with van der Waals surface area (Å²) < 4.78 is 0. The van der Waals surface area contributed by atoms with Gasteiger partial charge in [-0.3, -0.25) is 0 Å². The third kappa shape index (κ3) is 2.46. The molecule has 2 heteroatoms. The van der Waals surface area contributed by atoms with Gasteiger partial charge >= 0.3 is 0 Å². The van der Waals surface area contributed by atoms with Crippen LogP contribution in [-0.2, 0) is 0 Å². The van der Waals surface area contributed by atoms with Crippen LogP contribution in [0.25, 0.3) is 0 Å². The van der Waals surface area contributed by atoms with E-state index in [2.05, 4.69) is 31.4 Å². The van der Waals surface area contributed by atoms with Gasteiger partial charge in [0, 0.05) is 13.1 Å². The van der Waals surface area contributed by atoms with Crippen molar-refractivity contribution in [1.82, 2.24) is 4.90 Å². The van der Waals surface area contributed by atoms with E-state index in [4.69, 9.17) is 0 Å². The Kier molecular flexibility index (Phi) is 3.53. The molecule has 0 saturated carbocycles. The lowest BCUT2D eigenvalue weighted by Gasteiger charge is -2.28. The minimum atomic E-state index is -0.936. The van der Waals surface area contributed by atoms with Crippen LogP contribution in [0.1, 0.15) is 13.8 Å². The fourth-order valence-electron chi connectivity index (χ4n) is 1.84. The zero-order valence-corrected chi connectivity index (χ0v) is 9.47. The second-order valence-electron chi connectivity index (χ2n) is 3.98. The Bertz CT molecular complexity index is 148. The van der Waals surface area contributed by atoms with Gasteiger partial charge in [0.05, 0.1) is 8.07 Å². The third-order valence-electron chi connectivity index (χ3n) is 3.18. The Hall–Kier alpha value is -0.0831. The van der Waals surface area contributed by atoms with E-state index >= 15 is 0 Å². The predicted octanol–water partition coefficient (Wildman–Crippen LogP) is 2.52. The van der Waals surface area contributed by atoms with Crippen LogP contribution in [0.15, 0.2) is 12.7 Å². The maximum Gasteiger partial charge on any atom is 0.0722 e. The summed E-state index contributed by atoms with van der Waals surface area (Å²) >= 11 is 0. The van der Waals surface area contributed by atoms with Crippen LogP contribution in [0.5, 0.6) is 0 Å². The van der Waals surface area contributed by atoms with Crippen molar-refractivity contribution in [2.45, 2.75) is 32.0 Å². The highest BCUT2D eigenvalue weighted by atomic mass is 28.3. The fraction of sp³-hybridized carbons (Fsp3) is 0.800. The van der Waals surface area contributed by atoms with Gasteiger partial charge in [0.2, 0.25) is 0 Å². The van der Waals surface area contributed by atoms with Gasteiger partial charge in [0.25, 0.3) is 0 Å². The molecule has 1 nitrogen and oxygen atoms in total. The van der Waals surface area contributed by atoms with Crippen LogP contribution in [0.2, 0.25) is 18.1 Å². The van der Waals surface area contributed by atoms with Gasteiger partial charge < -0.3 is 4.90 Å². The monoisotopic (exact) mass is 183 g/mol. The smallest absolute Gasteiger partial charge is 0.0722 e. The average molecular weight is 183 g/mol. The van der Waals surface area contributed by atoms with Crippen LogP contribution in [0, 0.1) is 0 Å². The third-order valence-corrected chi connectivity index (χ3v) is 8.45. The zero-order valence-electron chi connectivity index (χ0n) is 8.47. The molecule has 1 fully saturated rings. The van der Waals surface area contributed by atoms with Crippen LogP contribution >= 0.6 is 0 Å². The van der Waals surface area contributed by atoms with Crippen LogP contribution in [-0.4, -0.2) is 32.2 Å². The second kappa shape index (κ2) is 4.24. The van der Waals surface area contributed by atoms with Crippen molar-refractivity contribution in [1.29, 1.82) is 0 Å². The van der Waals surface area contributed by atoms with Crippen molar-refractivity contribution < 1.29 is 0 Å². The van der Waals surface area contributed by atoms with Gasteiger partial charge in [-0.15, -0.1) is 6.58 Å². The lowest BCUT2D eigenvalue weighted by Crippen LogP contribution is -2.40. The summed E-state index contributed by atoms with van der Waals surface area (Å²) in [4.78, 5) is 2.59. The minimum absolute atomic E-state index is 0.936. The van der Waals surface area contributed by atoms with E-state index in [1.807, 2.05) is 0 Å². The first kappa shape index (κ1) is 10.0. The molecule has 1 rings (SSSR count). The maximum absolute atomic E-state index is 3.89. The first-order chi connectivity index (χ1) is 5.76. The summed E-state index contributed by atoms with van der Waals surface area (Å²) in [6, 6.07) is 4.16. The highest BCUT2D eigenvalue weighted by Gasteiger charge is 2.33. The van der Waals surface area contributed by atoms with Crippen LogP contribution in [0.3, 0.4) is 0 Å². The van der Waals surface area contributed by atoms with Crippen molar-refractivity contribution in [2.24, 2.45) is 0 Å². The van der Waals surface area contributed by atoms with Crippen molar-refractivity contribution >= 4 is 8.07 Å². The molecule has 1 aliphatic heterocycles. The molecule has 70 valence electrons. The normalized spacial score (nSPS) is 17.8. The summed E-state index contributed by atoms with van der Waals surface area (Å²) in [7, 11) is -0.936. The molecule has 0 radical (unpaired) electrons. The SMILES string of the molecule is C=CC[Si](CC)(CC)CN1CC1. The molecule has 0 bridgehead atoms. The Morgan fingerprint density at radius 1 is 1.33 bits per heavy atom. The molecule has 1 aliphatic rings. The molecular weight excluding hydrogens is 162 g/mol. The van der Waals surface area contributed by atoms with E-state index < -0.39 is 8.07 Å². The van der Waals surface area contributed by atoms with Gasteiger partial charge in [-0.2, -0.15) is 0 Å². The van der Waals surface area contributed by atoms with Crippen LogP contribution < -0.4 is 0 Å². The average Bonchev–Trinajstić information content (AvgIpc) is 2.87. The first-order valence-corrected chi connectivity index (χ1v) is 7.92. The number of rotatable bonds is 6. The molecule has 0 unspecified atom stereocenters. The molecule has 0 aromatic carbocycles. The van der Waals surface area contributed by atoms with Crippen molar-refractivity contribution in [2.75, 3.05) is 19.3 Å². The van der Waals surface area contributed by atoms with E-state index in [0.29, 0.717) is 0 Å². The van der Waals surface area contributed by atoms with E-state index in [1.54, 1.807) is 0 Å². The fourth-order valence-corrected chi connectivity index (χ4v) is 5.37. The Labute approximate surface area is 77.5 Å². The summed E-state index contributed by atoms with van der Waals surface area (Å²) in [6.45, 7) is 11.3. The Morgan fingerprint density at radius 3 is 2.25 bits per heavy atom. The highest BCUT2D eigenvalue weighted by Crippen LogP contribution is 2.24. The lowest BCUT2D eigenvalue weighted by molar-refractivity contribution is 0.641. The van der Waals surface area contributed by atoms with E-state index in [9.17, 15) is 0 Å². The molecule has 0 spiro atoms. The van der Waals surface area contributed by atoms with E-state index in [-0.39, 0.29) is 0 Å². The van der Waals surface area contributed by atoms with E-state index in [1.165, 1.54) is 37.4 Å². The van der Waals surface area contributed by atoms with Gasteiger partial charge in [0.1, 0.15) is 0 Å². The largest absolute Gasteiger partial charge is 0.304 e. The molecule has 1 heterocycles. The van der Waals surface area contributed by atoms with Gasteiger partial charge in [0.15, 0.2) is 0 Å². The summed E-state index contributed by atoms with van der Waals surface area (Å²) in [5.74, 6) is 0. The van der Waals surface area contributed by atoms with Crippen molar-refractivity contribution in [3.05, 3.63) is 12.7 Å². The van der Waals surface area contributed by atoms with Gasteiger partial charge in [-0.1, -0.05) is 32.0 Å². The van der Waals surface area contributed by atoms with E-state index in [0.717, 1.165) is 0 Å². The van der Waals surface area contributed by atoms with Crippen LogP contribution in [0.4, 0.5) is 0 Å². The number of nitrogens with zero attached hydrogens (tertiary/aromatic N) is 1. The minimum Gasteiger partial charge on any atom is -0.304 e. The summed E-state index contributed by atoms with van der Waals surface area (Å²) in [6.07, 6.45) is 3.56. The first-order valence-electron chi connectivity index (χ1n) is 5.09.